The molecular formula is C17H17F3IN3O. The average Bonchev–Trinajstić information content (AvgIpc) is 3.06. The molecule has 0 N–H and O–H groups in total. The molecule has 0 atom stereocenters. The fraction of sp³-hybridized carbons (Fsp3) is 0.412. The first-order valence-corrected chi connectivity index (χ1v) is 9.02. The van der Waals surface area contributed by atoms with Crippen molar-refractivity contribution in [2.75, 3.05) is 11.9 Å². The van der Waals surface area contributed by atoms with Crippen LogP contribution in [0.4, 0.5) is 24.8 Å². The Labute approximate surface area is 157 Å². The van der Waals surface area contributed by atoms with Gasteiger partial charge in [0.05, 0.1) is 0 Å². The Bertz CT molecular complexity index is 748. The van der Waals surface area contributed by atoms with Gasteiger partial charge in [-0.1, -0.05) is 6.07 Å². The quantitative estimate of drug-likeness (QED) is 0.586. The van der Waals surface area contributed by atoms with Crippen LogP contribution in [0, 0.1) is 3.57 Å². The summed E-state index contributed by atoms with van der Waals surface area (Å²) in [6, 6.07) is 7.55. The molecule has 0 saturated heterocycles. The van der Waals surface area contributed by atoms with Crippen LogP contribution in [0.5, 0.6) is 5.88 Å². The molecule has 1 saturated carbocycles. The molecule has 1 aliphatic carbocycles. The van der Waals surface area contributed by atoms with Crippen molar-refractivity contribution >= 4 is 34.2 Å². The molecule has 3 rings (SSSR count). The molecule has 2 aromatic rings. The largest absolute Gasteiger partial charge is 0.474 e. The number of alkyl halides is 3. The topological polar surface area (TPSA) is 38.2 Å². The lowest BCUT2D eigenvalue weighted by atomic mass is 10.3. The van der Waals surface area contributed by atoms with Crippen molar-refractivity contribution in [3.8, 4) is 5.88 Å². The molecule has 25 heavy (non-hydrogen) atoms. The summed E-state index contributed by atoms with van der Waals surface area (Å²) in [5, 5.41) is 0. The molecular weight excluding hydrogens is 446 g/mol. The van der Waals surface area contributed by atoms with Gasteiger partial charge >= 0.3 is 6.18 Å². The van der Waals surface area contributed by atoms with E-state index >= 15 is 0 Å². The van der Waals surface area contributed by atoms with Gasteiger partial charge in [0.25, 0.3) is 0 Å². The maximum atomic E-state index is 13.3. The molecule has 0 unspecified atom stereocenters. The number of rotatable bonds is 4. The lowest BCUT2D eigenvalue weighted by Crippen LogP contribution is -2.20. The molecule has 1 aromatic carbocycles. The first kappa shape index (κ1) is 18.2. The monoisotopic (exact) mass is 463 g/mol. The molecule has 0 bridgehead atoms. The fourth-order valence-corrected chi connectivity index (χ4v) is 3.29. The van der Waals surface area contributed by atoms with Gasteiger partial charge in [-0.05, 0) is 66.5 Å². The van der Waals surface area contributed by atoms with Gasteiger partial charge in [0.1, 0.15) is 11.7 Å². The molecule has 1 heterocycles. The summed E-state index contributed by atoms with van der Waals surface area (Å²) >= 11 is 2.17. The fourth-order valence-electron chi connectivity index (χ4n) is 2.77. The van der Waals surface area contributed by atoms with Crippen molar-refractivity contribution in [1.82, 2.24) is 9.97 Å². The van der Waals surface area contributed by atoms with Crippen LogP contribution in [0.25, 0.3) is 0 Å². The summed E-state index contributed by atoms with van der Waals surface area (Å²) in [5.41, 5.74) is -0.141. The van der Waals surface area contributed by atoms with Gasteiger partial charge in [0, 0.05) is 22.5 Å². The summed E-state index contributed by atoms with van der Waals surface area (Å²) < 4.78 is 46.4. The second-order valence-corrected chi connectivity index (χ2v) is 7.20. The lowest BCUT2D eigenvalue weighted by Gasteiger charge is -2.21. The van der Waals surface area contributed by atoms with Gasteiger partial charge in [0.2, 0.25) is 11.8 Å². The van der Waals surface area contributed by atoms with E-state index in [9.17, 15) is 13.2 Å². The van der Waals surface area contributed by atoms with Gasteiger partial charge in [0.15, 0.2) is 0 Å². The maximum absolute atomic E-state index is 13.3. The highest BCUT2D eigenvalue weighted by atomic mass is 127. The Morgan fingerprint density at radius 2 is 1.96 bits per heavy atom. The molecule has 0 radical (unpaired) electrons. The van der Waals surface area contributed by atoms with Crippen molar-refractivity contribution in [2.24, 2.45) is 0 Å². The van der Waals surface area contributed by atoms with E-state index in [2.05, 4.69) is 32.6 Å². The molecule has 0 spiro atoms. The maximum Gasteiger partial charge on any atom is 0.423 e. The van der Waals surface area contributed by atoms with Crippen molar-refractivity contribution in [3.05, 3.63) is 39.6 Å². The Balaban J connectivity index is 1.94. The van der Waals surface area contributed by atoms with E-state index in [1.165, 1.54) is 0 Å². The Morgan fingerprint density at radius 1 is 1.24 bits per heavy atom. The predicted molar refractivity (Wildman–Crippen MR) is 97.1 cm³/mol. The van der Waals surface area contributed by atoms with Gasteiger partial charge < -0.3 is 9.64 Å². The number of halogens is 4. The zero-order chi connectivity index (χ0) is 18.0. The van der Waals surface area contributed by atoms with Crippen LogP contribution in [0.2, 0.25) is 0 Å². The highest BCUT2D eigenvalue weighted by Crippen LogP contribution is 2.37. The van der Waals surface area contributed by atoms with Gasteiger partial charge in [-0.25, -0.2) is 4.98 Å². The third-order valence-corrected chi connectivity index (χ3v) is 4.79. The van der Waals surface area contributed by atoms with Gasteiger partial charge in [-0.2, -0.15) is 18.2 Å². The standard InChI is InChI=1S/C17H17F3IN3O/c1-24(12-6-4-5-11(21)9-12)16-22-10-14(17(18,19)20)15(23-16)25-13-7-2-3-8-13/h4-6,9-10,13H,2-3,7-8H2,1H3. The predicted octanol–water partition coefficient (Wildman–Crippen LogP) is 5.19. The molecule has 134 valence electrons. The van der Waals surface area contributed by atoms with Crippen LogP contribution in [0.3, 0.4) is 0 Å². The number of aromatic nitrogens is 2. The van der Waals surface area contributed by atoms with Crippen LogP contribution in [0.15, 0.2) is 30.5 Å². The third kappa shape index (κ3) is 4.34. The Hall–Kier alpha value is -1.58. The summed E-state index contributed by atoms with van der Waals surface area (Å²) in [6.45, 7) is 0. The first-order chi connectivity index (χ1) is 11.8. The Kier molecular flexibility index (Phi) is 5.35. The average molecular weight is 463 g/mol. The summed E-state index contributed by atoms with van der Waals surface area (Å²) in [5.74, 6) is -0.218. The van der Waals surface area contributed by atoms with Gasteiger partial charge in [-0.15, -0.1) is 0 Å². The number of anilines is 2. The summed E-state index contributed by atoms with van der Waals surface area (Å²) in [4.78, 5) is 9.62. The summed E-state index contributed by atoms with van der Waals surface area (Å²) in [6.07, 6.45) is -0.526. The van der Waals surface area contributed by atoms with Crippen LogP contribution in [-0.4, -0.2) is 23.1 Å². The van der Waals surface area contributed by atoms with Gasteiger partial charge in [-0.3, -0.25) is 0 Å². The second kappa shape index (κ2) is 7.35. The molecule has 1 aromatic heterocycles. The lowest BCUT2D eigenvalue weighted by molar-refractivity contribution is -0.139. The third-order valence-electron chi connectivity index (χ3n) is 4.12. The van der Waals surface area contributed by atoms with E-state index < -0.39 is 11.7 Å². The number of ether oxygens (including phenoxy) is 1. The van der Waals surface area contributed by atoms with Crippen molar-refractivity contribution in [2.45, 2.75) is 38.0 Å². The molecule has 0 aliphatic heterocycles. The van der Waals surface area contributed by atoms with Crippen molar-refractivity contribution < 1.29 is 17.9 Å². The molecule has 8 heteroatoms. The molecule has 1 fully saturated rings. The van der Waals surface area contributed by atoms with E-state index in [0.29, 0.717) is 0 Å². The Morgan fingerprint density at radius 3 is 2.60 bits per heavy atom. The van der Waals surface area contributed by atoms with Crippen LogP contribution in [0.1, 0.15) is 31.2 Å². The van der Waals surface area contributed by atoms with Crippen LogP contribution >= 0.6 is 22.6 Å². The minimum Gasteiger partial charge on any atom is -0.474 e. The van der Waals surface area contributed by atoms with E-state index in [4.69, 9.17) is 4.74 Å². The minimum atomic E-state index is -4.55. The van der Waals surface area contributed by atoms with E-state index in [1.807, 2.05) is 24.3 Å². The number of nitrogens with zero attached hydrogens (tertiary/aromatic N) is 3. The van der Waals surface area contributed by atoms with E-state index in [0.717, 1.165) is 41.1 Å². The summed E-state index contributed by atoms with van der Waals surface area (Å²) in [7, 11) is 1.72. The number of hydrogen-bond acceptors (Lipinski definition) is 4. The molecule has 1 aliphatic rings. The SMILES string of the molecule is CN(c1cccc(I)c1)c1ncc(C(F)(F)F)c(OC2CCCC2)n1. The number of hydrogen-bond donors (Lipinski definition) is 0. The highest BCUT2D eigenvalue weighted by Gasteiger charge is 2.37. The second-order valence-electron chi connectivity index (χ2n) is 5.95. The van der Waals surface area contributed by atoms with Crippen LogP contribution in [-0.2, 0) is 6.18 Å². The number of benzene rings is 1. The highest BCUT2D eigenvalue weighted by molar-refractivity contribution is 14.1. The van der Waals surface area contributed by atoms with Crippen molar-refractivity contribution in [1.29, 1.82) is 0 Å². The molecule has 4 nitrogen and oxygen atoms in total. The van der Waals surface area contributed by atoms with Crippen LogP contribution < -0.4 is 9.64 Å². The normalized spacial score (nSPS) is 15.4. The molecule has 0 amide bonds. The van der Waals surface area contributed by atoms with E-state index in [-0.39, 0.29) is 17.9 Å². The first-order valence-electron chi connectivity index (χ1n) is 7.95. The van der Waals surface area contributed by atoms with Crippen molar-refractivity contribution in [3.63, 3.8) is 0 Å². The minimum absolute atomic E-state index is 0.169. The van der Waals surface area contributed by atoms with E-state index in [1.54, 1.807) is 11.9 Å². The zero-order valence-electron chi connectivity index (χ0n) is 13.6. The zero-order valence-corrected chi connectivity index (χ0v) is 15.7. The smallest absolute Gasteiger partial charge is 0.423 e.